The van der Waals surface area contributed by atoms with Crippen LogP contribution in [-0.2, 0) is 6.54 Å². The van der Waals surface area contributed by atoms with Crippen LogP contribution in [0.2, 0.25) is 0 Å². The van der Waals surface area contributed by atoms with E-state index in [2.05, 4.69) is 15.1 Å². The van der Waals surface area contributed by atoms with Gasteiger partial charge < -0.3 is 5.73 Å². The molecule has 0 saturated carbocycles. The number of hydrogen-bond donors (Lipinski definition) is 1. The molecule has 0 spiro atoms. The molecule has 15 heavy (non-hydrogen) atoms. The molecule has 0 aliphatic rings. The molecule has 2 N–H and O–H groups in total. The van der Waals surface area contributed by atoms with Crippen LogP contribution in [0.4, 0.5) is 5.95 Å². The molecule has 2 heterocycles. The minimum atomic E-state index is 0.300. The number of nitrogen functional groups attached to an aromatic ring is 1. The summed E-state index contributed by atoms with van der Waals surface area (Å²) in [5.41, 5.74) is 8.24. The van der Waals surface area contributed by atoms with Gasteiger partial charge >= 0.3 is 0 Å². The van der Waals surface area contributed by atoms with Gasteiger partial charge in [0.1, 0.15) is 0 Å². The minimum absolute atomic E-state index is 0.300. The van der Waals surface area contributed by atoms with Gasteiger partial charge in [-0.15, -0.1) is 0 Å². The fourth-order valence-corrected chi connectivity index (χ4v) is 1.41. The van der Waals surface area contributed by atoms with Gasteiger partial charge in [-0.25, -0.2) is 9.97 Å². The van der Waals surface area contributed by atoms with Crippen molar-refractivity contribution < 1.29 is 0 Å². The predicted molar refractivity (Wildman–Crippen MR) is 58.1 cm³/mol. The van der Waals surface area contributed by atoms with Crippen molar-refractivity contribution in [3.05, 3.63) is 24.2 Å². The predicted octanol–water partition coefficient (Wildman–Crippen LogP) is 1.25. The molecule has 0 aliphatic heterocycles. The maximum Gasteiger partial charge on any atom is 0.220 e. The van der Waals surface area contributed by atoms with Gasteiger partial charge in [-0.1, -0.05) is 0 Å². The van der Waals surface area contributed by atoms with Crippen LogP contribution in [0.5, 0.6) is 0 Å². The third-order valence-electron chi connectivity index (χ3n) is 2.12. The molecule has 0 radical (unpaired) electrons. The topological polar surface area (TPSA) is 69.6 Å². The van der Waals surface area contributed by atoms with Crippen molar-refractivity contribution in [3.63, 3.8) is 0 Å². The molecule has 0 amide bonds. The number of aromatic nitrogens is 4. The second-order valence-corrected chi connectivity index (χ2v) is 3.34. The lowest BCUT2D eigenvalue weighted by molar-refractivity contribution is 0.660. The highest BCUT2D eigenvalue weighted by molar-refractivity contribution is 5.58. The molecular formula is C10H13N5. The van der Waals surface area contributed by atoms with Crippen LogP contribution in [-0.4, -0.2) is 19.7 Å². The van der Waals surface area contributed by atoms with Crippen molar-refractivity contribution in [2.24, 2.45) is 0 Å². The first-order valence-electron chi connectivity index (χ1n) is 4.83. The number of aryl methyl sites for hydroxylation is 2. The van der Waals surface area contributed by atoms with E-state index < -0.39 is 0 Å². The molecule has 5 heteroatoms. The van der Waals surface area contributed by atoms with Gasteiger partial charge in [-0.05, 0) is 19.9 Å². The van der Waals surface area contributed by atoms with E-state index in [0.29, 0.717) is 5.95 Å². The molecule has 5 nitrogen and oxygen atoms in total. The molecule has 2 rings (SSSR count). The van der Waals surface area contributed by atoms with Crippen molar-refractivity contribution in [2.75, 3.05) is 5.73 Å². The Morgan fingerprint density at radius 2 is 2.20 bits per heavy atom. The summed E-state index contributed by atoms with van der Waals surface area (Å²) in [6, 6.07) is 1.90. The Hall–Kier alpha value is -1.91. The highest BCUT2D eigenvalue weighted by atomic mass is 15.3. The highest BCUT2D eigenvalue weighted by Gasteiger charge is 2.04. The van der Waals surface area contributed by atoms with Crippen LogP contribution >= 0.6 is 0 Å². The van der Waals surface area contributed by atoms with Crippen molar-refractivity contribution in [3.8, 4) is 11.3 Å². The number of rotatable bonds is 2. The van der Waals surface area contributed by atoms with Crippen molar-refractivity contribution >= 4 is 5.95 Å². The third kappa shape index (κ3) is 1.96. The summed E-state index contributed by atoms with van der Waals surface area (Å²) in [6.07, 6.45) is 3.73. The van der Waals surface area contributed by atoms with Gasteiger partial charge in [0, 0.05) is 24.0 Å². The van der Waals surface area contributed by atoms with E-state index >= 15 is 0 Å². The summed E-state index contributed by atoms with van der Waals surface area (Å²) in [6.45, 7) is 4.78. The summed E-state index contributed by atoms with van der Waals surface area (Å²) < 4.78 is 1.85. The summed E-state index contributed by atoms with van der Waals surface area (Å²) in [4.78, 5) is 8.19. The molecule has 0 bridgehead atoms. The summed E-state index contributed by atoms with van der Waals surface area (Å²) in [5, 5.41) is 4.19. The van der Waals surface area contributed by atoms with Gasteiger partial charge in [0.2, 0.25) is 5.95 Å². The second kappa shape index (κ2) is 3.68. The van der Waals surface area contributed by atoms with E-state index in [1.165, 1.54) is 0 Å². The van der Waals surface area contributed by atoms with Crippen LogP contribution in [0.15, 0.2) is 18.5 Å². The number of nitrogens with zero attached hydrogens (tertiary/aromatic N) is 4. The Morgan fingerprint density at radius 3 is 2.80 bits per heavy atom. The molecular weight excluding hydrogens is 190 g/mol. The summed E-state index contributed by atoms with van der Waals surface area (Å²) in [7, 11) is 0. The lowest BCUT2D eigenvalue weighted by Gasteiger charge is -1.99. The Kier molecular flexibility index (Phi) is 2.37. The first kappa shape index (κ1) is 9.64. The number of hydrogen-bond acceptors (Lipinski definition) is 4. The Balaban J connectivity index is 2.44. The molecule has 0 aliphatic carbocycles. The number of anilines is 1. The van der Waals surface area contributed by atoms with Crippen LogP contribution < -0.4 is 5.73 Å². The minimum Gasteiger partial charge on any atom is -0.368 e. The average Bonchev–Trinajstić information content (AvgIpc) is 2.64. The Bertz CT molecular complexity index is 454. The van der Waals surface area contributed by atoms with Gasteiger partial charge in [-0.3, -0.25) is 4.68 Å². The number of nitrogens with two attached hydrogens (primary N) is 1. The van der Waals surface area contributed by atoms with Crippen molar-refractivity contribution in [1.82, 2.24) is 19.7 Å². The standard InChI is InChI=1S/C10H13N5/c1-3-15-6-8(5-12-15)9-4-7(2)13-10(11)14-9/h4-6H,3H2,1-2H3,(H2,11,13,14). The fraction of sp³-hybridized carbons (Fsp3) is 0.300. The van der Waals surface area contributed by atoms with Gasteiger partial charge in [0.25, 0.3) is 0 Å². The third-order valence-corrected chi connectivity index (χ3v) is 2.12. The maximum atomic E-state index is 5.59. The first-order chi connectivity index (χ1) is 7.19. The normalized spacial score (nSPS) is 10.5. The van der Waals surface area contributed by atoms with E-state index in [9.17, 15) is 0 Å². The molecule has 2 aromatic heterocycles. The SMILES string of the molecule is CCn1cc(-c2cc(C)nc(N)n2)cn1. The van der Waals surface area contributed by atoms with E-state index in [4.69, 9.17) is 5.73 Å². The second-order valence-electron chi connectivity index (χ2n) is 3.34. The molecule has 0 unspecified atom stereocenters. The molecule has 78 valence electrons. The lowest BCUT2D eigenvalue weighted by atomic mass is 10.2. The quantitative estimate of drug-likeness (QED) is 0.797. The van der Waals surface area contributed by atoms with Crippen LogP contribution in [0.25, 0.3) is 11.3 Å². The van der Waals surface area contributed by atoms with Crippen molar-refractivity contribution in [1.29, 1.82) is 0 Å². The zero-order valence-electron chi connectivity index (χ0n) is 8.81. The molecule has 0 saturated heterocycles. The van der Waals surface area contributed by atoms with Crippen molar-refractivity contribution in [2.45, 2.75) is 20.4 Å². The summed E-state index contributed by atoms with van der Waals surface area (Å²) >= 11 is 0. The van der Waals surface area contributed by atoms with Crippen LogP contribution in [0.1, 0.15) is 12.6 Å². The van der Waals surface area contributed by atoms with Crippen LogP contribution in [0.3, 0.4) is 0 Å². The zero-order chi connectivity index (χ0) is 10.8. The van der Waals surface area contributed by atoms with E-state index in [0.717, 1.165) is 23.5 Å². The zero-order valence-corrected chi connectivity index (χ0v) is 8.81. The first-order valence-corrected chi connectivity index (χ1v) is 4.83. The van der Waals surface area contributed by atoms with E-state index in [-0.39, 0.29) is 0 Å². The highest BCUT2D eigenvalue weighted by Crippen LogP contribution is 2.17. The van der Waals surface area contributed by atoms with Gasteiger partial charge in [-0.2, -0.15) is 5.10 Å². The Labute approximate surface area is 88.0 Å². The smallest absolute Gasteiger partial charge is 0.220 e. The van der Waals surface area contributed by atoms with E-state index in [1.54, 1.807) is 6.20 Å². The van der Waals surface area contributed by atoms with Gasteiger partial charge in [0.05, 0.1) is 11.9 Å². The molecule has 2 aromatic rings. The molecule has 0 fully saturated rings. The van der Waals surface area contributed by atoms with Gasteiger partial charge in [0.15, 0.2) is 0 Å². The molecule has 0 atom stereocenters. The monoisotopic (exact) mass is 203 g/mol. The van der Waals surface area contributed by atoms with Crippen LogP contribution in [0, 0.1) is 6.92 Å². The molecule has 0 aromatic carbocycles. The van der Waals surface area contributed by atoms with E-state index in [1.807, 2.05) is 30.8 Å². The summed E-state index contributed by atoms with van der Waals surface area (Å²) in [5.74, 6) is 0.300. The Morgan fingerprint density at radius 1 is 1.40 bits per heavy atom. The average molecular weight is 203 g/mol. The lowest BCUT2D eigenvalue weighted by Crippen LogP contribution is -1.97. The maximum absolute atomic E-state index is 5.59. The largest absolute Gasteiger partial charge is 0.368 e. The fourth-order valence-electron chi connectivity index (χ4n) is 1.41.